The second-order valence-corrected chi connectivity index (χ2v) is 2.73. The fraction of sp³-hybridized carbons (Fsp3) is 0. The number of rotatable bonds is 0. The molecule has 2 aromatic rings. The molecule has 2 rings (SSSR count). The van der Waals surface area contributed by atoms with Crippen molar-refractivity contribution in [2.24, 2.45) is 0 Å². The van der Waals surface area contributed by atoms with Crippen molar-refractivity contribution in [3.8, 4) is 0 Å². The first-order valence-corrected chi connectivity index (χ1v) is 3.72. The monoisotopic (exact) mass is 197 g/mol. The quantitative estimate of drug-likeness (QED) is 0.655. The summed E-state index contributed by atoms with van der Waals surface area (Å²) < 4.78 is 25.5. The minimum atomic E-state index is -1.04. The molecule has 0 fully saturated rings. The maximum atomic E-state index is 12.7. The molecule has 0 saturated carbocycles. The van der Waals surface area contributed by atoms with E-state index in [0.29, 0.717) is 0 Å². The van der Waals surface area contributed by atoms with Gasteiger partial charge in [0, 0.05) is 12.1 Å². The summed E-state index contributed by atoms with van der Waals surface area (Å²) in [5, 5.41) is 0. The number of hydrogen-bond acceptors (Lipinski definition) is 3. The van der Waals surface area contributed by atoms with E-state index in [2.05, 4.69) is 9.97 Å². The molecular weight excluding hydrogens is 192 g/mol. The van der Waals surface area contributed by atoms with Gasteiger partial charge in [-0.05, 0) is 0 Å². The van der Waals surface area contributed by atoms with Crippen molar-refractivity contribution >= 4 is 16.9 Å². The van der Waals surface area contributed by atoms with Gasteiger partial charge in [0.15, 0.2) is 17.5 Å². The van der Waals surface area contributed by atoms with Gasteiger partial charge in [-0.25, -0.2) is 13.8 Å². The highest BCUT2D eigenvalue weighted by molar-refractivity contribution is 5.75. The topological polar surface area (TPSA) is 71.8 Å². The normalized spacial score (nSPS) is 10.7. The van der Waals surface area contributed by atoms with Crippen molar-refractivity contribution in [1.82, 2.24) is 9.97 Å². The Hall–Kier alpha value is -1.98. The molecule has 0 aliphatic heterocycles. The maximum Gasteiger partial charge on any atom is 0.290 e. The Morgan fingerprint density at radius 3 is 2.64 bits per heavy atom. The Kier molecular flexibility index (Phi) is 1.70. The van der Waals surface area contributed by atoms with E-state index >= 15 is 0 Å². The molecule has 72 valence electrons. The summed E-state index contributed by atoms with van der Waals surface area (Å²) in [7, 11) is 0. The SMILES string of the molecule is Nc1nc2cc(F)c(F)cc2[nH]c1=O. The van der Waals surface area contributed by atoms with Crippen LogP contribution in [0.1, 0.15) is 0 Å². The average molecular weight is 197 g/mol. The number of halogens is 2. The van der Waals surface area contributed by atoms with Crippen LogP contribution in [0.2, 0.25) is 0 Å². The Labute approximate surface area is 76.4 Å². The third-order valence-corrected chi connectivity index (χ3v) is 1.76. The van der Waals surface area contributed by atoms with Crippen LogP contribution in [0, 0.1) is 11.6 Å². The van der Waals surface area contributed by atoms with Crippen LogP contribution in [-0.2, 0) is 0 Å². The molecule has 0 radical (unpaired) electrons. The van der Waals surface area contributed by atoms with Gasteiger partial charge in [-0.3, -0.25) is 4.79 Å². The van der Waals surface area contributed by atoms with Crippen LogP contribution in [0.25, 0.3) is 11.0 Å². The number of fused-ring (bicyclic) bond motifs is 1. The highest BCUT2D eigenvalue weighted by Crippen LogP contribution is 2.13. The minimum absolute atomic E-state index is 0.112. The molecule has 1 heterocycles. The highest BCUT2D eigenvalue weighted by Gasteiger charge is 2.06. The number of nitrogens with zero attached hydrogens (tertiary/aromatic N) is 1. The first kappa shape index (κ1) is 8.61. The van der Waals surface area contributed by atoms with Crippen molar-refractivity contribution in [1.29, 1.82) is 0 Å². The van der Waals surface area contributed by atoms with Crippen LogP contribution < -0.4 is 11.3 Å². The standard InChI is InChI=1S/C8H5F2N3O/c9-3-1-5-6(2-4(3)10)13-8(14)7(11)12-5/h1-2H,(H2,11,12)(H,13,14). The Balaban J connectivity index is 2.90. The molecule has 0 saturated heterocycles. The summed E-state index contributed by atoms with van der Waals surface area (Å²) in [5.74, 6) is -2.35. The van der Waals surface area contributed by atoms with E-state index in [1.54, 1.807) is 0 Å². The number of nitrogen functional groups attached to an aromatic ring is 1. The molecule has 0 atom stereocenters. The third-order valence-electron chi connectivity index (χ3n) is 1.76. The second-order valence-electron chi connectivity index (χ2n) is 2.73. The van der Waals surface area contributed by atoms with Gasteiger partial charge < -0.3 is 10.7 Å². The van der Waals surface area contributed by atoms with Gasteiger partial charge in [0.2, 0.25) is 0 Å². The smallest absolute Gasteiger partial charge is 0.290 e. The van der Waals surface area contributed by atoms with E-state index in [1.165, 1.54) is 0 Å². The predicted octanol–water partition coefficient (Wildman–Crippen LogP) is 0.783. The van der Waals surface area contributed by atoms with Crippen LogP contribution in [0.3, 0.4) is 0 Å². The number of nitrogens with one attached hydrogen (secondary N) is 1. The molecule has 1 aromatic carbocycles. The number of aromatic nitrogens is 2. The first-order chi connectivity index (χ1) is 6.58. The summed E-state index contributed by atoms with van der Waals surface area (Å²) in [5.41, 5.74) is 4.81. The predicted molar refractivity (Wildman–Crippen MR) is 46.7 cm³/mol. The van der Waals surface area contributed by atoms with Gasteiger partial charge in [-0.2, -0.15) is 0 Å². The number of aromatic amines is 1. The summed E-state index contributed by atoms with van der Waals surface area (Å²) in [6.45, 7) is 0. The third kappa shape index (κ3) is 1.20. The van der Waals surface area contributed by atoms with E-state index in [-0.39, 0.29) is 16.9 Å². The lowest BCUT2D eigenvalue weighted by molar-refractivity contribution is 0.510. The van der Waals surface area contributed by atoms with Crippen LogP contribution in [-0.4, -0.2) is 9.97 Å². The average Bonchev–Trinajstić information content (AvgIpc) is 2.11. The zero-order chi connectivity index (χ0) is 10.3. The van der Waals surface area contributed by atoms with Crippen LogP contribution in [0.4, 0.5) is 14.6 Å². The van der Waals surface area contributed by atoms with Crippen molar-refractivity contribution < 1.29 is 8.78 Å². The minimum Gasteiger partial charge on any atom is -0.379 e. The lowest BCUT2D eigenvalue weighted by Crippen LogP contribution is -2.13. The molecule has 0 unspecified atom stereocenters. The zero-order valence-corrected chi connectivity index (χ0v) is 6.84. The number of anilines is 1. The molecule has 3 N–H and O–H groups in total. The van der Waals surface area contributed by atoms with Crippen molar-refractivity contribution in [3.63, 3.8) is 0 Å². The number of nitrogens with two attached hydrogens (primary N) is 1. The van der Waals surface area contributed by atoms with Crippen molar-refractivity contribution in [2.75, 3.05) is 5.73 Å². The molecule has 0 amide bonds. The largest absolute Gasteiger partial charge is 0.379 e. The van der Waals surface area contributed by atoms with E-state index in [1.807, 2.05) is 0 Å². The Bertz CT molecular complexity index is 564. The van der Waals surface area contributed by atoms with Gasteiger partial charge >= 0.3 is 0 Å². The van der Waals surface area contributed by atoms with Crippen LogP contribution in [0.15, 0.2) is 16.9 Å². The number of hydrogen-bond donors (Lipinski definition) is 2. The zero-order valence-electron chi connectivity index (χ0n) is 6.84. The fourth-order valence-corrected chi connectivity index (χ4v) is 1.10. The molecule has 0 bridgehead atoms. The van der Waals surface area contributed by atoms with Crippen molar-refractivity contribution in [2.45, 2.75) is 0 Å². The lowest BCUT2D eigenvalue weighted by atomic mass is 10.3. The first-order valence-electron chi connectivity index (χ1n) is 3.72. The van der Waals surface area contributed by atoms with Gasteiger partial charge in [-0.15, -0.1) is 0 Å². The van der Waals surface area contributed by atoms with E-state index in [0.717, 1.165) is 12.1 Å². The molecule has 4 nitrogen and oxygen atoms in total. The molecule has 6 heteroatoms. The molecule has 0 spiro atoms. The summed E-state index contributed by atoms with van der Waals surface area (Å²) in [6, 6.07) is 1.73. The van der Waals surface area contributed by atoms with Gasteiger partial charge in [0.25, 0.3) is 5.56 Å². The van der Waals surface area contributed by atoms with Crippen LogP contribution >= 0.6 is 0 Å². The van der Waals surface area contributed by atoms with Gasteiger partial charge in [0.05, 0.1) is 11.0 Å². The Morgan fingerprint density at radius 2 is 1.93 bits per heavy atom. The molecule has 14 heavy (non-hydrogen) atoms. The number of H-pyrrole nitrogens is 1. The lowest BCUT2D eigenvalue weighted by Gasteiger charge is -1.99. The summed E-state index contributed by atoms with van der Waals surface area (Å²) >= 11 is 0. The van der Waals surface area contributed by atoms with E-state index in [9.17, 15) is 13.6 Å². The van der Waals surface area contributed by atoms with Gasteiger partial charge in [0.1, 0.15) is 0 Å². The van der Waals surface area contributed by atoms with E-state index < -0.39 is 17.2 Å². The molecule has 0 aliphatic carbocycles. The molecule has 0 aliphatic rings. The maximum absolute atomic E-state index is 12.7. The Morgan fingerprint density at radius 1 is 1.29 bits per heavy atom. The highest BCUT2D eigenvalue weighted by atomic mass is 19.2. The molecular formula is C8H5F2N3O. The van der Waals surface area contributed by atoms with Crippen molar-refractivity contribution in [3.05, 3.63) is 34.1 Å². The molecule has 1 aromatic heterocycles. The number of benzene rings is 1. The van der Waals surface area contributed by atoms with Crippen LogP contribution in [0.5, 0.6) is 0 Å². The summed E-state index contributed by atoms with van der Waals surface area (Å²) in [4.78, 5) is 16.9. The summed E-state index contributed by atoms with van der Waals surface area (Å²) in [6.07, 6.45) is 0. The second kappa shape index (κ2) is 2.76. The van der Waals surface area contributed by atoms with E-state index in [4.69, 9.17) is 5.73 Å². The fourth-order valence-electron chi connectivity index (χ4n) is 1.10. The van der Waals surface area contributed by atoms with Gasteiger partial charge in [-0.1, -0.05) is 0 Å².